The number of hydrogen-bond acceptors (Lipinski definition) is 2. The first-order valence-corrected chi connectivity index (χ1v) is 7.89. The molecular formula is C18H21ClN2O. The van der Waals surface area contributed by atoms with Gasteiger partial charge >= 0.3 is 0 Å². The zero-order valence-corrected chi connectivity index (χ0v) is 13.5. The Balaban J connectivity index is 1.72. The first-order chi connectivity index (χ1) is 10.7. The number of anilines is 1. The van der Waals surface area contributed by atoms with Gasteiger partial charge < -0.3 is 10.6 Å². The quantitative estimate of drug-likeness (QED) is 0.810. The van der Waals surface area contributed by atoms with Crippen LogP contribution in [0.5, 0.6) is 0 Å². The third-order valence-electron chi connectivity index (χ3n) is 3.47. The molecule has 3 nitrogen and oxygen atoms in total. The van der Waals surface area contributed by atoms with Gasteiger partial charge in [0.15, 0.2) is 0 Å². The summed E-state index contributed by atoms with van der Waals surface area (Å²) < 4.78 is 0. The third kappa shape index (κ3) is 5.08. The van der Waals surface area contributed by atoms with Crippen LogP contribution in [0.3, 0.4) is 0 Å². The van der Waals surface area contributed by atoms with Gasteiger partial charge in [0, 0.05) is 30.2 Å². The largest absolute Gasteiger partial charge is 0.384 e. The van der Waals surface area contributed by atoms with Crippen molar-refractivity contribution in [1.82, 2.24) is 5.32 Å². The van der Waals surface area contributed by atoms with Gasteiger partial charge in [-0.1, -0.05) is 48.9 Å². The summed E-state index contributed by atoms with van der Waals surface area (Å²) in [6.07, 6.45) is 1.43. The Morgan fingerprint density at radius 1 is 1.09 bits per heavy atom. The van der Waals surface area contributed by atoms with Crippen molar-refractivity contribution in [3.05, 3.63) is 64.7 Å². The number of benzene rings is 2. The van der Waals surface area contributed by atoms with Crippen LogP contribution in [0.15, 0.2) is 48.5 Å². The van der Waals surface area contributed by atoms with Crippen LogP contribution >= 0.6 is 11.6 Å². The van der Waals surface area contributed by atoms with Crippen molar-refractivity contribution in [1.29, 1.82) is 0 Å². The zero-order chi connectivity index (χ0) is 15.8. The van der Waals surface area contributed by atoms with Crippen molar-refractivity contribution < 1.29 is 4.79 Å². The summed E-state index contributed by atoms with van der Waals surface area (Å²) >= 11 is 5.83. The molecule has 2 rings (SSSR count). The van der Waals surface area contributed by atoms with Crippen LogP contribution in [-0.4, -0.2) is 12.5 Å². The standard InChI is InChI=1S/C18H21ClN2O/c1-2-15-5-3-4-6-17(15)20-12-11-18(22)21-13-14-7-9-16(19)10-8-14/h3-10,20H,2,11-13H2,1H3,(H,21,22). The van der Waals surface area contributed by atoms with Gasteiger partial charge in [-0.3, -0.25) is 4.79 Å². The zero-order valence-electron chi connectivity index (χ0n) is 12.7. The van der Waals surface area contributed by atoms with E-state index in [0.717, 1.165) is 17.7 Å². The van der Waals surface area contributed by atoms with E-state index in [4.69, 9.17) is 11.6 Å². The second kappa shape index (κ2) is 8.44. The number of amides is 1. The normalized spacial score (nSPS) is 10.3. The molecule has 0 aliphatic heterocycles. The summed E-state index contributed by atoms with van der Waals surface area (Å²) in [6, 6.07) is 15.7. The Hall–Kier alpha value is -2.00. The molecule has 0 aromatic heterocycles. The highest BCUT2D eigenvalue weighted by Crippen LogP contribution is 2.15. The Bertz CT molecular complexity index is 611. The fourth-order valence-electron chi connectivity index (χ4n) is 2.20. The van der Waals surface area contributed by atoms with E-state index >= 15 is 0 Å². The topological polar surface area (TPSA) is 41.1 Å². The maximum absolute atomic E-state index is 11.9. The molecule has 0 radical (unpaired) electrons. The lowest BCUT2D eigenvalue weighted by atomic mass is 10.1. The summed E-state index contributed by atoms with van der Waals surface area (Å²) in [5.41, 5.74) is 3.42. The molecule has 116 valence electrons. The van der Waals surface area contributed by atoms with E-state index < -0.39 is 0 Å². The monoisotopic (exact) mass is 316 g/mol. The van der Waals surface area contributed by atoms with E-state index in [1.54, 1.807) is 0 Å². The molecular weight excluding hydrogens is 296 g/mol. The molecule has 0 atom stereocenters. The molecule has 0 bridgehead atoms. The van der Waals surface area contributed by atoms with Crippen LogP contribution in [0, 0.1) is 0 Å². The molecule has 0 heterocycles. The van der Waals surface area contributed by atoms with Crippen molar-refractivity contribution in [3.8, 4) is 0 Å². The minimum Gasteiger partial charge on any atom is -0.384 e. The molecule has 0 saturated heterocycles. The molecule has 0 unspecified atom stereocenters. The first-order valence-electron chi connectivity index (χ1n) is 7.52. The maximum atomic E-state index is 11.9. The van der Waals surface area contributed by atoms with Crippen LogP contribution in [0.4, 0.5) is 5.69 Å². The highest BCUT2D eigenvalue weighted by molar-refractivity contribution is 6.30. The number of carbonyl (C=O) groups excluding carboxylic acids is 1. The minimum absolute atomic E-state index is 0.0384. The molecule has 2 aromatic rings. The van der Waals surface area contributed by atoms with Gasteiger partial charge in [-0.15, -0.1) is 0 Å². The summed E-state index contributed by atoms with van der Waals surface area (Å²) in [7, 11) is 0. The number of para-hydroxylation sites is 1. The third-order valence-corrected chi connectivity index (χ3v) is 3.72. The van der Waals surface area contributed by atoms with Crippen molar-refractivity contribution in [3.63, 3.8) is 0 Å². The molecule has 1 amide bonds. The van der Waals surface area contributed by atoms with Crippen LogP contribution in [0.1, 0.15) is 24.5 Å². The smallest absolute Gasteiger partial charge is 0.222 e. The van der Waals surface area contributed by atoms with Gasteiger partial charge in [0.2, 0.25) is 5.91 Å². The molecule has 2 aromatic carbocycles. The molecule has 4 heteroatoms. The SMILES string of the molecule is CCc1ccccc1NCCC(=O)NCc1ccc(Cl)cc1. The molecule has 0 saturated carbocycles. The number of nitrogens with one attached hydrogen (secondary N) is 2. The van der Waals surface area contributed by atoms with E-state index in [1.165, 1.54) is 5.56 Å². The fraction of sp³-hybridized carbons (Fsp3) is 0.278. The van der Waals surface area contributed by atoms with E-state index in [0.29, 0.717) is 24.5 Å². The molecule has 22 heavy (non-hydrogen) atoms. The van der Waals surface area contributed by atoms with Crippen molar-refractivity contribution in [2.24, 2.45) is 0 Å². The van der Waals surface area contributed by atoms with Gasteiger partial charge in [-0.05, 0) is 35.7 Å². The fourth-order valence-corrected chi connectivity index (χ4v) is 2.33. The summed E-state index contributed by atoms with van der Waals surface area (Å²) in [6.45, 7) is 3.28. The lowest BCUT2D eigenvalue weighted by molar-refractivity contribution is -0.121. The average molecular weight is 317 g/mol. The van der Waals surface area contributed by atoms with E-state index in [2.05, 4.69) is 23.6 Å². The van der Waals surface area contributed by atoms with Gasteiger partial charge in [0.1, 0.15) is 0 Å². The molecule has 0 spiro atoms. The van der Waals surface area contributed by atoms with Gasteiger partial charge in [0.25, 0.3) is 0 Å². The van der Waals surface area contributed by atoms with Crippen LogP contribution in [0.2, 0.25) is 5.02 Å². The highest BCUT2D eigenvalue weighted by atomic mass is 35.5. The lowest BCUT2D eigenvalue weighted by Crippen LogP contribution is -2.24. The predicted molar refractivity (Wildman–Crippen MR) is 92.2 cm³/mol. The second-order valence-electron chi connectivity index (χ2n) is 5.09. The van der Waals surface area contributed by atoms with Crippen LogP contribution in [0.25, 0.3) is 0 Å². The molecule has 2 N–H and O–H groups in total. The number of aryl methyl sites for hydroxylation is 1. The van der Waals surface area contributed by atoms with Gasteiger partial charge in [0.05, 0.1) is 0 Å². The number of carbonyl (C=O) groups is 1. The molecule has 0 fully saturated rings. The van der Waals surface area contributed by atoms with Gasteiger partial charge in [-0.2, -0.15) is 0 Å². The van der Waals surface area contributed by atoms with E-state index in [-0.39, 0.29) is 5.91 Å². The Morgan fingerprint density at radius 3 is 2.55 bits per heavy atom. The number of halogens is 1. The summed E-state index contributed by atoms with van der Waals surface area (Å²) in [4.78, 5) is 11.9. The Kier molecular flexibility index (Phi) is 6.28. The lowest BCUT2D eigenvalue weighted by Gasteiger charge is -2.11. The van der Waals surface area contributed by atoms with Crippen molar-refractivity contribution >= 4 is 23.2 Å². The van der Waals surface area contributed by atoms with Crippen molar-refractivity contribution in [2.45, 2.75) is 26.3 Å². The maximum Gasteiger partial charge on any atom is 0.222 e. The number of hydrogen-bond donors (Lipinski definition) is 2. The second-order valence-corrected chi connectivity index (χ2v) is 5.53. The summed E-state index contributed by atoms with van der Waals surface area (Å²) in [5.74, 6) is 0.0384. The van der Waals surface area contributed by atoms with E-state index in [1.807, 2.05) is 42.5 Å². The predicted octanol–water partition coefficient (Wildman–Crippen LogP) is 4.02. The Labute approximate surface area is 136 Å². The molecule has 0 aliphatic carbocycles. The highest BCUT2D eigenvalue weighted by Gasteiger charge is 2.03. The van der Waals surface area contributed by atoms with Gasteiger partial charge in [-0.25, -0.2) is 0 Å². The van der Waals surface area contributed by atoms with Crippen LogP contribution < -0.4 is 10.6 Å². The van der Waals surface area contributed by atoms with E-state index in [9.17, 15) is 4.79 Å². The van der Waals surface area contributed by atoms with Crippen molar-refractivity contribution in [2.75, 3.05) is 11.9 Å². The Morgan fingerprint density at radius 2 is 1.82 bits per heavy atom. The molecule has 0 aliphatic rings. The first kappa shape index (κ1) is 16.4. The minimum atomic E-state index is 0.0384. The van der Waals surface area contributed by atoms with Crippen LogP contribution in [-0.2, 0) is 17.8 Å². The average Bonchev–Trinajstić information content (AvgIpc) is 2.55. The number of rotatable bonds is 7. The summed E-state index contributed by atoms with van der Waals surface area (Å²) in [5, 5.41) is 6.94.